The molecule has 0 saturated carbocycles. The van der Waals surface area contributed by atoms with Crippen molar-refractivity contribution in [1.82, 2.24) is 0 Å². The monoisotopic (exact) mass is 1680 g/mol. The van der Waals surface area contributed by atoms with E-state index in [0.717, 1.165) is 0 Å². The van der Waals surface area contributed by atoms with E-state index in [1.807, 2.05) is 0 Å². The molecule has 69 heavy (non-hydrogen) atoms. The van der Waals surface area contributed by atoms with E-state index in [2.05, 4.69) is 300 Å². The Morgan fingerprint density at radius 1 is 0.174 bits per heavy atom. The van der Waals surface area contributed by atoms with Crippen molar-refractivity contribution in [2.75, 3.05) is 0 Å². The standard InChI is InChI=1S/3C18H15P.4CO.3Au.Re/c3*1-4-10-16(11-5-1)19(17-12-6-2-7-13-17)18-14-8-3-9-15-18;4*1-2;;;;/h3*1-15H;;;;;;;;. The van der Waals surface area contributed by atoms with Gasteiger partial charge in [0, 0.05) is 87.6 Å². The summed E-state index contributed by atoms with van der Waals surface area (Å²) in [5, 5.41) is 12.6. The van der Waals surface area contributed by atoms with Crippen LogP contribution in [0.15, 0.2) is 273 Å². The molecule has 0 spiro atoms. The van der Waals surface area contributed by atoms with Crippen LogP contribution in [0.2, 0.25) is 0 Å². The van der Waals surface area contributed by atoms with Crippen molar-refractivity contribution in [3.63, 3.8) is 0 Å². The summed E-state index contributed by atoms with van der Waals surface area (Å²) in [5.41, 5.74) is 0. The van der Waals surface area contributed by atoms with Gasteiger partial charge in [-0.25, -0.2) is 0 Å². The quantitative estimate of drug-likeness (QED) is 0.0598. The maximum Gasteiger partial charge on any atom is 0 e. The smallest absolute Gasteiger partial charge is 0 e. The van der Waals surface area contributed by atoms with Gasteiger partial charge in [-0.1, -0.05) is 273 Å². The first-order chi connectivity index (χ1) is 32.3. The molecule has 0 aromatic heterocycles. The molecular weight excluding hydrogens is 1630 g/mol. The Morgan fingerprint density at radius 3 is 0.319 bits per heavy atom. The first kappa shape index (κ1) is 67.2. The fraction of sp³-hybridized carbons (Fsp3) is 0. The van der Waals surface area contributed by atoms with Crippen molar-refractivity contribution in [1.29, 1.82) is 0 Å². The summed E-state index contributed by atoms with van der Waals surface area (Å²) in [6.07, 6.45) is 0. The topological polar surface area (TPSA) is 79.6 Å². The van der Waals surface area contributed by atoms with E-state index >= 15 is 0 Å². The van der Waals surface area contributed by atoms with Gasteiger partial charge in [-0.15, -0.1) is 0 Å². The van der Waals surface area contributed by atoms with Crippen LogP contribution in [0.3, 0.4) is 0 Å². The van der Waals surface area contributed by atoms with E-state index in [1.54, 1.807) is 0 Å². The molecule has 0 heterocycles. The second kappa shape index (κ2) is 42.9. The van der Waals surface area contributed by atoms with Crippen LogP contribution in [0.4, 0.5) is 0 Å². The number of benzene rings is 9. The molecule has 0 bridgehead atoms. The van der Waals surface area contributed by atoms with E-state index in [0.29, 0.717) is 0 Å². The number of hydrogen-bond acceptors (Lipinski definition) is 0. The molecule has 9 rings (SSSR count). The summed E-state index contributed by atoms with van der Waals surface area (Å²) in [6.45, 7) is 18.0. The molecule has 0 N–H and O–H groups in total. The van der Waals surface area contributed by atoms with Gasteiger partial charge in [-0.2, -0.15) is 0 Å². The van der Waals surface area contributed by atoms with E-state index in [9.17, 15) is 0 Å². The van der Waals surface area contributed by atoms with Crippen LogP contribution < -0.4 is 47.7 Å². The fourth-order valence-corrected chi connectivity index (χ4v) is 13.5. The van der Waals surface area contributed by atoms with Gasteiger partial charge < -0.3 is 0 Å². The third-order valence-corrected chi connectivity index (χ3v) is 16.5. The largest absolute Gasteiger partial charge is 0.0622 e. The normalized spacial score (nSPS) is 8.86. The zero-order chi connectivity index (χ0) is 46.7. The van der Waals surface area contributed by atoms with Crippen LogP contribution in [0.25, 0.3) is 0 Å². The second-order valence-corrected chi connectivity index (χ2v) is 19.7. The maximum atomic E-state index is 7.50. The summed E-state index contributed by atoms with van der Waals surface area (Å²) >= 11 is 0. The Kier molecular flexibility index (Phi) is 41.8. The number of hydrogen-bond donors (Lipinski definition) is 0. The molecule has 4 radical (unpaired) electrons. The predicted octanol–water partition coefficient (Wildman–Crippen LogP) is 10.2. The molecule has 0 aliphatic heterocycles. The Hall–Kier alpha value is -3.89. The average Bonchev–Trinajstić information content (AvgIpc) is 3.42. The SMILES string of the molecule is [Au].[Au].[Au].[C-]#[O+].[C-]#[O+].[C-]#[O+].[C-]#[O+].[Re].c1ccc(P(c2ccccc2)c2ccccc2)cc1.c1ccc(P(c2ccccc2)c2ccccc2)cc1.c1ccc(P(c2ccccc2)c2ccccc2)cc1. The first-order valence-corrected chi connectivity index (χ1v) is 24.1. The summed E-state index contributed by atoms with van der Waals surface area (Å²) in [7, 11) is -1.34. The van der Waals surface area contributed by atoms with Crippen LogP contribution in [0.5, 0.6) is 0 Å². The van der Waals surface area contributed by atoms with Gasteiger partial charge in [-0.05, 0) is 71.5 Å². The molecule has 0 amide bonds. The van der Waals surface area contributed by atoms with Gasteiger partial charge in [0.2, 0.25) is 0 Å². The molecule has 0 unspecified atom stereocenters. The average molecular weight is 1680 g/mol. The Morgan fingerprint density at radius 2 is 0.246 bits per heavy atom. The molecule has 0 fully saturated rings. The fourth-order valence-electron chi connectivity index (χ4n) is 6.54. The van der Waals surface area contributed by atoms with Crippen molar-refractivity contribution in [3.05, 3.63) is 300 Å². The van der Waals surface area contributed by atoms with Gasteiger partial charge in [0.05, 0.1) is 0 Å². The van der Waals surface area contributed by atoms with E-state index in [4.69, 9.17) is 18.6 Å². The molecule has 0 aliphatic rings. The third-order valence-electron chi connectivity index (χ3n) is 9.13. The van der Waals surface area contributed by atoms with Crippen LogP contribution in [-0.2, 0) is 106 Å². The van der Waals surface area contributed by atoms with Crippen molar-refractivity contribution in [3.8, 4) is 0 Å². The maximum absolute atomic E-state index is 7.50. The molecule has 11 heteroatoms. The third kappa shape index (κ3) is 22.8. The Bertz CT molecular complexity index is 2070. The molecule has 9 aromatic carbocycles. The Labute approximate surface area is 472 Å². The van der Waals surface area contributed by atoms with Gasteiger partial charge in [0.15, 0.2) is 0 Å². The summed E-state index contributed by atoms with van der Waals surface area (Å²) in [5.74, 6) is 0. The summed E-state index contributed by atoms with van der Waals surface area (Å²) < 4.78 is 30.0. The van der Waals surface area contributed by atoms with Crippen LogP contribution in [0.1, 0.15) is 0 Å². The van der Waals surface area contributed by atoms with Crippen molar-refractivity contribution in [2.45, 2.75) is 0 Å². The van der Waals surface area contributed by atoms with Crippen LogP contribution >= 0.6 is 23.8 Å². The minimum absolute atomic E-state index is 0. The van der Waals surface area contributed by atoms with Gasteiger partial charge in [0.25, 0.3) is 0 Å². The van der Waals surface area contributed by atoms with Gasteiger partial charge in [-0.3, -0.25) is 0 Å². The van der Waals surface area contributed by atoms with Gasteiger partial charge >= 0.3 is 45.2 Å². The van der Waals surface area contributed by atoms with Crippen molar-refractivity contribution < 1.29 is 106 Å². The summed E-state index contributed by atoms with van der Waals surface area (Å²) in [6, 6.07) is 97.0. The van der Waals surface area contributed by atoms with Crippen molar-refractivity contribution in [2.24, 2.45) is 0 Å². The predicted molar refractivity (Wildman–Crippen MR) is 271 cm³/mol. The molecule has 356 valence electrons. The van der Waals surface area contributed by atoms with E-state index in [-0.39, 0.29) is 87.6 Å². The minimum Gasteiger partial charge on any atom is -0.0622 e. The summed E-state index contributed by atoms with van der Waals surface area (Å²) in [4.78, 5) is 0. The van der Waals surface area contributed by atoms with E-state index < -0.39 is 23.8 Å². The van der Waals surface area contributed by atoms with Gasteiger partial charge in [0.1, 0.15) is 0 Å². The molecule has 0 aliphatic carbocycles. The molecule has 4 nitrogen and oxygen atoms in total. The van der Waals surface area contributed by atoms with E-state index in [1.165, 1.54) is 47.7 Å². The zero-order valence-corrected chi connectivity index (χ0v) is 48.6. The molecule has 0 saturated heterocycles. The molecule has 9 aromatic rings. The second-order valence-electron chi connectivity index (χ2n) is 13.0. The van der Waals surface area contributed by atoms with Crippen LogP contribution in [0, 0.1) is 26.6 Å². The molecule has 0 atom stereocenters. The number of rotatable bonds is 9. The zero-order valence-electron chi connectivity index (χ0n) is 36.7. The minimum atomic E-state index is -0.446. The Balaban J connectivity index is 0. The van der Waals surface area contributed by atoms with Crippen LogP contribution in [-0.4, -0.2) is 0 Å². The molecular formula is C58H45Au3O4P3Re. The first-order valence-electron chi connectivity index (χ1n) is 20.0. The van der Waals surface area contributed by atoms with Crippen molar-refractivity contribution >= 4 is 71.5 Å².